The molecule has 7 heteroatoms. The Bertz CT molecular complexity index is 751. The fourth-order valence-corrected chi connectivity index (χ4v) is 2.82. The summed E-state index contributed by atoms with van der Waals surface area (Å²) in [5.74, 6) is 1.98. The highest BCUT2D eigenvalue weighted by Crippen LogP contribution is 2.30. The highest BCUT2D eigenvalue weighted by Gasteiger charge is 2.09. The van der Waals surface area contributed by atoms with Crippen LogP contribution in [0.5, 0.6) is 11.5 Å². The van der Waals surface area contributed by atoms with Crippen molar-refractivity contribution in [2.75, 3.05) is 26.9 Å². The predicted octanol–water partition coefficient (Wildman–Crippen LogP) is 3.69. The summed E-state index contributed by atoms with van der Waals surface area (Å²) in [6.07, 6.45) is 1.61. The molecule has 0 aromatic heterocycles. The molecule has 0 amide bonds. The van der Waals surface area contributed by atoms with Gasteiger partial charge in [0.1, 0.15) is 6.61 Å². The van der Waals surface area contributed by atoms with Gasteiger partial charge < -0.3 is 19.9 Å². The molecule has 2 aromatic rings. The van der Waals surface area contributed by atoms with E-state index in [1.807, 2.05) is 55.5 Å². The van der Waals surface area contributed by atoms with Crippen molar-refractivity contribution in [1.82, 2.24) is 0 Å². The number of hydrogen-bond donors (Lipinski definition) is 1. The average Bonchev–Trinajstić information content (AvgIpc) is 2.71. The van der Waals surface area contributed by atoms with Crippen LogP contribution in [0.3, 0.4) is 0 Å². The SMILES string of the molecule is CCOCCOc1c(C=NN=C(N)SCc2ccccc2)cccc1OC. The van der Waals surface area contributed by atoms with Gasteiger partial charge in [-0.3, -0.25) is 0 Å². The van der Waals surface area contributed by atoms with Crippen LogP contribution in [0.2, 0.25) is 0 Å². The minimum Gasteiger partial charge on any atom is -0.493 e. The van der Waals surface area contributed by atoms with Crippen molar-refractivity contribution in [3.05, 3.63) is 59.7 Å². The van der Waals surface area contributed by atoms with E-state index in [9.17, 15) is 0 Å². The van der Waals surface area contributed by atoms with Crippen molar-refractivity contribution < 1.29 is 14.2 Å². The number of nitrogens with zero attached hydrogens (tertiary/aromatic N) is 2. The summed E-state index contributed by atoms with van der Waals surface area (Å²) in [6, 6.07) is 15.7. The fraction of sp³-hybridized carbons (Fsp3) is 0.300. The van der Waals surface area contributed by atoms with Crippen LogP contribution in [0.25, 0.3) is 0 Å². The third kappa shape index (κ3) is 7.32. The first-order valence-corrected chi connectivity index (χ1v) is 9.64. The minimum atomic E-state index is 0.400. The second kappa shape index (κ2) is 12.0. The summed E-state index contributed by atoms with van der Waals surface area (Å²) in [6.45, 7) is 3.53. The van der Waals surface area contributed by atoms with Crippen LogP contribution in [-0.2, 0) is 10.5 Å². The van der Waals surface area contributed by atoms with E-state index in [1.54, 1.807) is 13.3 Å². The van der Waals surface area contributed by atoms with E-state index in [1.165, 1.54) is 17.3 Å². The van der Waals surface area contributed by atoms with Crippen molar-refractivity contribution in [2.45, 2.75) is 12.7 Å². The van der Waals surface area contributed by atoms with E-state index < -0.39 is 0 Å². The maximum absolute atomic E-state index is 5.92. The maximum Gasteiger partial charge on any atom is 0.180 e. The standard InChI is InChI=1S/C20H25N3O3S/c1-3-25-12-13-26-19-17(10-7-11-18(19)24-2)14-22-23-20(21)27-15-16-8-5-4-6-9-16/h4-11,14H,3,12-13,15H2,1-2H3,(H2,21,23). The van der Waals surface area contributed by atoms with E-state index >= 15 is 0 Å². The van der Waals surface area contributed by atoms with Crippen LogP contribution in [-0.4, -0.2) is 38.3 Å². The van der Waals surface area contributed by atoms with Gasteiger partial charge in [0.15, 0.2) is 16.7 Å². The van der Waals surface area contributed by atoms with Gasteiger partial charge in [-0.2, -0.15) is 5.10 Å². The first-order valence-electron chi connectivity index (χ1n) is 8.65. The van der Waals surface area contributed by atoms with Gasteiger partial charge in [0, 0.05) is 17.9 Å². The first kappa shape index (κ1) is 20.8. The lowest BCUT2D eigenvalue weighted by molar-refractivity contribution is 0.109. The third-order valence-electron chi connectivity index (χ3n) is 3.49. The van der Waals surface area contributed by atoms with E-state index in [2.05, 4.69) is 10.2 Å². The molecule has 0 aliphatic rings. The van der Waals surface area contributed by atoms with E-state index in [0.29, 0.717) is 36.5 Å². The smallest absolute Gasteiger partial charge is 0.180 e. The largest absolute Gasteiger partial charge is 0.493 e. The fourth-order valence-electron chi connectivity index (χ4n) is 2.21. The number of methoxy groups -OCH3 is 1. The molecular weight excluding hydrogens is 362 g/mol. The Labute approximate surface area is 164 Å². The molecule has 6 nitrogen and oxygen atoms in total. The quantitative estimate of drug-likeness (QED) is 0.291. The van der Waals surface area contributed by atoms with E-state index in [-0.39, 0.29) is 0 Å². The Hall–Kier alpha value is -2.51. The number of nitrogens with two attached hydrogens (primary N) is 1. The lowest BCUT2D eigenvalue weighted by atomic mass is 10.2. The molecule has 2 rings (SSSR count). The number of amidine groups is 1. The number of benzene rings is 2. The van der Waals surface area contributed by atoms with Gasteiger partial charge >= 0.3 is 0 Å². The molecule has 27 heavy (non-hydrogen) atoms. The monoisotopic (exact) mass is 387 g/mol. The summed E-state index contributed by atoms with van der Waals surface area (Å²) in [7, 11) is 1.60. The molecule has 0 heterocycles. The summed E-state index contributed by atoms with van der Waals surface area (Å²) >= 11 is 1.44. The molecule has 0 aliphatic carbocycles. The summed E-state index contributed by atoms with van der Waals surface area (Å²) < 4.78 is 16.5. The van der Waals surface area contributed by atoms with Crippen molar-refractivity contribution in [2.24, 2.45) is 15.9 Å². The van der Waals surface area contributed by atoms with Gasteiger partial charge in [-0.1, -0.05) is 48.2 Å². The molecule has 2 N–H and O–H groups in total. The van der Waals surface area contributed by atoms with E-state index in [4.69, 9.17) is 19.9 Å². The summed E-state index contributed by atoms with van der Waals surface area (Å²) in [5, 5.41) is 8.53. The molecular formula is C20H25N3O3S. The van der Waals surface area contributed by atoms with Crippen molar-refractivity contribution in [1.29, 1.82) is 0 Å². The lowest BCUT2D eigenvalue weighted by Gasteiger charge is -2.12. The van der Waals surface area contributed by atoms with Gasteiger partial charge in [-0.25, -0.2) is 0 Å². The highest BCUT2D eigenvalue weighted by atomic mass is 32.2. The van der Waals surface area contributed by atoms with Crippen molar-refractivity contribution >= 4 is 23.1 Å². The number of ether oxygens (including phenoxy) is 3. The Morgan fingerprint density at radius 3 is 2.67 bits per heavy atom. The number of thioether (sulfide) groups is 1. The minimum absolute atomic E-state index is 0.400. The Morgan fingerprint density at radius 2 is 1.93 bits per heavy atom. The van der Waals surface area contributed by atoms with Crippen LogP contribution < -0.4 is 15.2 Å². The second-order valence-electron chi connectivity index (χ2n) is 5.38. The molecule has 0 unspecified atom stereocenters. The van der Waals surface area contributed by atoms with Crippen LogP contribution >= 0.6 is 11.8 Å². The van der Waals surface area contributed by atoms with Gasteiger partial charge in [0.25, 0.3) is 0 Å². The molecule has 0 atom stereocenters. The second-order valence-corrected chi connectivity index (χ2v) is 6.38. The number of hydrogen-bond acceptors (Lipinski definition) is 6. The van der Waals surface area contributed by atoms with Gasteiger partial charge in [-0.05, 0) is 24.6 Å². The van der Waals surface area contributed by atoms with Crippen LogP contribution in [0.15, 0.2) is 58.7 Å². The van der Waals surface area contributed by atoms with Crippen LogP contribution in [0.1, 0.15) is 18.1 Å². The van der Waals surface area contributed by atoms with Crippen molar-refractivity contribution in [3.63, 3.8) is 0 Å². The first-order chi connectivity index (χ1) is 13.2. The molecule has 0 bridgehead atoms. The zero-order chi connectivity index (χ0) is 19.3. The molecule has 0 saturated carbocycles. The highest BCUT2D eigenvalue weighted by molar-refractivity contribution is 8.13. The molecule has 0 fully saturated rings. The molecule has 2 aromatic carbocycles. The van der Waals surface area contributed by atoms with Gasteiger partial charge in [0.2, 0.25) is 0 Å². The molecule has 144 valence electrons. The molecule has 0 radical (unpaired) electrons. The number of para-hydroxylation sites is 1. The zero-order valence-electron chi connectivity index (χ0n) is 15.6. The Balaban J connectivity index is 1.99. The summed E-state index contributed by atoms with van der Waals surface area (Å²) in [4.78, 5) is 0. The zero-order valence-corrected chi connectivity index (χ0v) is 16.4. The number of rotatable bonds is 10. The van der Waals surface area contributed by atoms with Gasteiger partial charge in [0.05, 0.1) is 19.9 Å². The topological polar surface area (TPSA) is 78.4 Å². The Kier molecular flexibility index (Phi) is 9.23. The normalized spacial score (nSPS) is 11.7. The predicted molar refractivity (Wildman–Crippen MR) is 112 cm³/mol. The molecule has 0 spiro atoms. The summed E-state index contributed by atoms with van der Waals surface area (Å²) in [5.41, 5.74) is 7.86. The molecule has 0 saturated heterocycles. The maximum atomic E-state index is 5.92. The van der Waals surface area contributed by atoms with Gasteiger partial charge in [-0.15, -0.1) is 5.10 Å². The third-order valence-corrected chi connectivity index (χ3v) is 4.35. The Morgan fingerprint density at radius 1 is 1.11 bits per heavy atom. The van der Waals surface area contributed by atoms with E-state index in [0.717, 1.165) is 11.3 Å². The van der Waals surface area contributed by atoms with Crippen LogP contribution in [0, 0.1) is 0 Å². The lowest BCUT2D eigenvalue weighted by Crippen LogP contribution is -2.08. The van der Waals surface area contributed by atoms with Crippen LogP contribution in [0.4, 0.5) is 0 Å². The van der Waals surface area contributed by atoms with Crippen molar-refractivity contribution in [3.8, 4) is 11.5 Å². The molecule has 0 aliphatic heterocycles. The average molecular weight is 388 g/mol.